The average Bonchev–Trinajstić information content (AvgIpc) is 1.77. The molecule has 0 fully saturated rings. The van der Waals surface area contributed by atoms with Gasteiger partial charge >= 0.3 is 0 Å². The average molecular weight is 164 g/mol. The monoisotopic (exact) mass is 163 g/mol. The van der Waals surface area contributed by atoms with E-state index in [4.69, 9.17) is 11.6 Å². The van der Waals surface area contributed by atoms with Crippen molar-refractivity contribution in [3.8, 4) is 0 Å². The summed E-state index contributed by atoms with van der Waals surface area (Å²) in [6.07, 6.45) is 3.36. The Hall–Kier alpha value is -0.270. The van der Waals surface area contributed by atoms with Crippen molar-refractivity contribution in [2.24, 2.45) is 0 Å². The highest BCUT2D eigenvalue weighted by molar-refractivity contribution is 6.31. The molecule has 0 amide bonds. The van der Waals surface area contributed by atoms with Gasteiger partial charge in [-0.25, -0.2) is 0 Å². The van der Waals surface area contributed by atoms with Gasteiger partial charge in [0.15, 0.2) is 0 Å². The van der Waals surface area contributed by atoms with Gasteiger partial charge < -0.3 is 0 Å². The van der Waals surface area contributed by atoms with E-state index in [2.05, 4.69) is 4.98 Å². The standard InChI is InChI=1S/C6H6ClN.ClH/c1-5-2-3-8-4-6(5)7;/h2-4H,1H3;1H. The van der Waals surface area contributed by atoms with Gasteiger partial charge in [-0.15, -0.1) is 12.4 Å². The zero-order chi connectivity index (χ0) is 5.98. The van der Waals surface area contributed by atoms with E-state index in [1.807, 2.05) is 13.0 Å². The van der Waals surface area contributed by atoms with Crippen LogP contribution in [-0.2, 0) is 0 Å². The number of pyridine rings is 1. The second-order valence-electron chi connectivity index (χ2n) is 1.62. The zero-order valence-electron chi connectivity index (χ0n) is 4.97. The van der Waals surface area contributed by atoms with Gasteiger partial charge in [-0.1, -0.05) is 11.6 Å². The number of hydrogen-bond donors (Lipinski definition) is 0. The Balaban J connectivity index is 0.000000640. The number of hydrogen-bond acceptors (Lipinski definition) is 1. The molecule has 3 heteroatoms. The van der Waals surface area contributed by atoms with Gasteiger partial charge in [0.2, 0.25) is 0 Å². The van der Waals surface area contributed by atoms with Crippen molar-refractivity contribution in [2.75, 3.05) is 0 Å². The lowest BCUT2D eigenvalue weighted by Crippen LogP contribution is -1.73. The molecule has 0 unspecified atom stereocenters. The van der Waals surface area contributed by atoms with E-state index in [1.165, 1.54) is 0 Å². The number of nitrogens with zero attached hydrogens (tertiary/aromatic N) is 1. The molecule has 0 saturated carbocycles. The van der Waals surface area contributed by atoms with E-state index < -0.39 is 0 Å². The molecule has 0 spiro atoms. The van der Waals surface area contributed by atoms with Gasteiger partial charge in [0, 0.05) is 12.4 Å². The van der Waals surface area contributed by atoms with Crippen LogP contribution in [0.15, 0.2) is 18.5 Å². The summed E-state index contributed by atoms with van der Waals surface area (Å²) in [4.78, 5) is 3.81. The zero-order valence-corrected chi connectivity index (χ0v) is 6.54. The van der Waals surface area contributed by atoms with Gasteiger partial charge in [-0.05, 0) is 18.6 Å². The fourth-order valence-electron chi connectivity index (χ4n) is 0.445. The molecule has 0 aliphatic carbocycles. The Morgan fingerprint density at radius 2 is 2.22 bits per heavy atom. The van der Waals surface area contributed by atoms with E-state index in [-0.39, 0.29) is 12.4 Å². The largest absolute Gasteiger partial charge is 0.263 e. The highest BCUT2D eigenvalue weighted by Crippen LogP contribution is 2.09. The first kappa shape index (κ1) is 8.73. The van der Waals surface area contributed by atoms with Crippen LogP contribution in [0.4, 0.5) is 0 Å². The molecule has 9 heavy (non-hydrogen) atoms. The third-order valence-corrected chi connectivity index (χ3v) is 1.37. The lowest BCUT2D eigenvalue weighted by Gasteiger charge is -1.90. The summed E-state index contributed by atoms with van der Waals surface area (Å²) in [7, 11) is 0. The fraction of sp³-hybridized carbons (Fsp3) is 0.167. The Bertz CT molecular complexity index is 167. The van der Waals surface area contributed by atoms with Gasteiger partial charge in [0.25, 0.3) is 0 Å². The van der Waals surface area contributed by atoms with Crippen LogP contribution in [0, 0.1) is 6.92 Å². The molecule has 1 aromatic rings. The van der Waals surface area contributed by atoms with Crippen molar-refractivity contribution in [2.45, 2.75) is 6.92 Å². The van der Waals surface area contributed by atoms with Crippen molar-refractivity contribution in [3.05, 3.63) is 29.0 Å². The smallest absolute Gasteiger partial charge is 0.0618 e. The van der Waals surface area contributed by atoms with E-state index in [1.54, 1.807) is 12.4 Å². The predicted molar refractivity (Wildman–Crippen MR) is 41.2 cm³/mol. The van der Waals surface area contributed by atoms with E-state index >= 15 is 0 Å². The Kier molecular flexibility index (Phi) is 3.59. The number of rotatable bonds is 0. The number of aryl methyl sites for hydroxylation is 1. The maximum Gasteiger partial charge on any atom is 0.0618 e. The molecule has 0 N–H and O–H groups in total. The summed E-state index contributed by atoms with van der Waals surface area (Å²) in [5.74, 6) is 0. The lowest BCUT2D eigenvalue weighted by molar-refractivity contribution is 1.29. The summed E-state index contributed by atoms with van der Waals surface area (Å²) < 4.78 is 0. The number of aromatic nitrogens is 1. The fourth-order valence-corrected chi connectivity index (χ4v) is 0.564. The minimum atomic E-state index is 0. The quantitative estimate of drug-likeness (QED) is 0.573. The molecule has 0 aromatic carbocycles. The highest BCUT2D eigenvalue weighted by Gasteiger charge is 1.87. The first-order chi connectivity index (χ1) is 3.80. The maximum atomic E-state index is 5.65. The lowest BCUT2D eigenvalue weighted by atomic mass is 10.3. The van der Waals surface area contributed by atoms with Crippen LogP contribution in [0.25, 0.3) is 0 Å². The molecule has 50 valence electrons. The molecular weight excluding hydrogens is 157 g/mol. The molecule has 1 heterocycles. The van der Waals surface area contributed by atoms with Crippen LogP contribution in [0.5, 0.6) is 0 Å². The highest BCUT2D eigenvalue weighted by atomic mass is 35.5. The second-order valence-corrected chi connectivity index (χ2v) is 2.03. The SMILES string of the molecule is Cc1ccncc1Cl.Cl. The van der Waals surface area contributed by atoms with Crippen molar-refractivity contribution < 1.29 is 0 Å². The minimum absolute atomic E-state index is 0. The minimum Gasteiger partial charge on any atom is -0.263 e. The number of halogens is 2. The summed E-state index contributed by atoms with van der Waals surface area (Å²) in [6.45, 7) is 1.95. The van der Waals surface area contributed by atoms with Gasteiger partial charge in [-0.2, -0.15) is 0 Å². The molecule has 1 aromatic heterocycles. The molecule has 1 rings (SSSR count). The van der Waals surface area contributed by atoms with Gasteiger partial charge in [0.05, 0.1) is 5.02 Å². The van der Waals surface area contributed by atoms with Crippen LogP contribution in [-0.4, -0.2) is 4.98 Å². The first-order valence-electron chi connectivity index (χ1n) is 2.37. The Morgan fingerprint density at radius 3 is 2.56 bits per heavy atom. The van der Waals surface area contributed by atoms with Crippen molar-refractivity contribution >= 4 is 24.0 Å². The molecule has 0 aliphatic heterocycles. The first-order valence-corrected chi connectivity index (χ1v) is 2.74. The van der Waals surface area contributed by atoms with Crippen LogP contribution >= 0.6 is 24.0 Å². The second kappa shape index (κ2) is 3.70. The van der Waals surface area contributed by atoms with Crippen LogP contribution < -0.4 is 0 Å². The topological polar surface area (TPSA) is 12.9 Å². The molecule has 1 nitrogen and oxygen atoms in total. The van der Waals surface area contributed by atoms with E-state index in [9.17, 15) is 0 Å². The van der Waals surface area contributed by atoms with Crippen molar-refractivity contribution in [1.82, 2.24) is 4.98 Å². The van der Waals surface area contributed by atoms with E-state index in [0.717, 1.165) is 10.6 Å². The van der Waals surface area contributed by atoms with E-state index in [0.29, 0.717) is 0 Å². The molecule has 0 aliphatic rings. The maximum absolute atomic E-state index is 5.65. The summed E-state index contributed by atoms with van der Waals surface area (Å²) in [6, 6.07) is 1.88. The normalized spacial score (nSPS) is 8.22. The summed E-state index contributed by atoms with van der Waals surface area (Å²) in [5, 5.41) is 0.729. The van der Waals surface area contributed by atoms with Gasteiger partial charge in [0.1, 0.15) is 0 Å². The van der Waals surface area contributed by atoms with Crippen molar-refractivity contribution in [1.29, 1.82) is 0 Å². The summed E-state index contributed by atoms with van der Waals surface area (Å²) >= 11 is 5.65. The molecular formula is C6H7Cl2N. The molecule has 0 atom stereocenters. The molecule has 0 saturated heterocycles. The van der Waals surface area contributed by atoms with Crippen LogP contribution in [0.3, 0.4) is 0 Å². The van der Waals surface area contributed by atoms with Gasteiger partial charge in [-0.3, -0.25) is 4.98 Å². The third-order valence-electron chi connectivity index (χ3n) is 0.975. The third kappa shape index (κ3) is 2.20. The van der Waals surface area contributed by atoms with Crippen LogP contribution in [0.2, 0.25) is 5.02 Å². The Labute approximate surface area is 65.5 Å². The molecule has 0 radical (unpaired) electrons. The Morgan fingerprint density at radius 1 is 1.56 bits per heavy atom. The summed E-state index contributed by atoms with van der Waals surface area (Å²) in [5.41, 5.74) is 1.07. The molecule has 0 bridgehead atoms. The van der Waals surface area contributed by atoms with Crippen LogP contribution in [0.1, 0.15) is 5.56 Å². The predicted octanol–water partition coefficient (Wildman–Crippen LogP) is 2.47. The van der Waals surface area contributed by atoms with Crippen molar-refractivity contribution in [3.63, 3.8) is 0 Å².